The lowest BCUT2D eigenvalue weighted by Crippen LogP contribution is -2.24. The highest BCUT2D eigenvalue weighted by Crippen LogP contribution is 2.33. The van der Waals surface area contributed by atoms with Crippen LogP contribution in [0.5, 0.6) is 5.75 Å². The molecule has 0 saturated heterocycles. The summed E-state index contributed by atoms with van der Waals surface area (Å²) in [4.78, 5) is 4.49. The Morgan fingerprint density at radius 2 is 2.27 bits per heavy atom. The molecule has 5 nitrogen and oxygen atoms in total. The molecule has 0 bridgehead atoms. The van der Waals surface area contributed by atoms with E-state index in [4.69, 9.17) is 20.9 Å². The van der Waals surface area contributed by atoms with Crippen molar-refractivity contribution in [3.63, 3.8) is 0 Å². The second-order valence-electron chi connectivity index (χ2n) is 5.41. The molecule has 1 aromatic carbocycles. The van der Waals surface area contributed by atoms with Gasteiger partial charge in [0.2, 0.25) is 5.89 Å². The van der Waals surface area contributed by atoms with E-state index in [1.807, 2.05) is 25.2 Å². The number of hydrogen-bond donors (Lipinski definition) is 1. The maximum absolute atomic E-state index is 6.03. The van der Waals surface area contributed by atoms with Gasteiger partial charge in [-0.25, -0.2) is 0 Å². The summed E-state index contributed by atoms with van der Waals surface area (Å²) >= 11 is 6.03. The average Bonchev–Trinajstić information content (AvgIpc) is 2.94. The average molecular weight is 344 g/mol. The van der Waals surface area contributed by atoms with Gasteiger partial charge in [-0.2, -0.15) is 4.98 Å². The number of hydrogen-bond acceptors (Lipinski definition) is 5. The van der Waals surface area contributed by atoms with Gasteiger partial charge in [0.25, 0.3) is 0 Å². The lowest BCUT2D eigenvalue weighted by molar-refractivity contribution is 0.230. The molecule has 0 radical (unpaired) electrons. The molecule has 0 spiro atoms. The zero-order chi connectivity index (χ0) is 14.8. The highest BCUT2D eigenvalue weighted by atomic mass is 35.5. The predicted molar refractivity (Wildman–Crippen MR) is 87.2 cm³/mol. The largest absolute Gasteiger partial charge is 0.492 e. The van der Waals surface area contributed by atoms with Gasteiger partial charge in [-0.1, -0.05) is 16.8 Å². The zero-order valence-corrected chi connectivity index (χ0v) is 14.1. The first kappa shape index (κ1) is 17.1. The van der Waals surface area contributed by atoms with Crippen molar-refractivity contribution in [2.24, 2.45) is 0 Å². The molecule has 0 fully saturated rings. The molecule has 1 N–H and O–H groups in total. The van der Waals surface area contributed by atoms with E-state index in [1.165, 1.54) is 0 Å². The Labute approximate surface area is 140 Å². The number of likely N-dealkylation sites (N-methyl/N-ethyl adjacent to an activating group) is 1. The van der Waals surface area contributed by atoms with Crippen molar-refractivity contribution in [1.29, 1.82) is 0 Å². The second kappa shape index (κ2) is 7.31. The van der Waals surface area contributed by atoms with Gasteiger partial charge < -0.3 is 14.6 Å². The van der Waals surface area contributed by atoms with Crippen LogP contribution in [0.25, 0.3) is 0 Å². The fraction of sp³-hybridized carbons (Fsp3) is 0.467. The van der Waals surface area contributed by atoms with E-state index in [0.717, 1.165) is 30.0 Å². The lowest BCUT2D eigenvalue weighted by Gasteiger charge is -2.22. The molecule has 2 unspecified atom stereocenters. The van der Waals surface area contributed by atoms with Gasteiger partial charge in [-0.15, -0.1) is 12.4 Å². The van der Waals surface area contributed by atoms with E-state index < -0.39 is 0 Å². The first-order valence-electron chi connectivity index (χ1n) is 7.06. The molecule has 7 heteroatoms. The Morgan fingerprint density at radius 1 is 1.45 bits per heavy atom. The number of nitrogens with zero attached hydrogens (tertiary/aromatic N) is 2. The van der Waals surface area contributed by atoms with E-state index in [0.29, 0.717) is 23.6 Å². The van der Waals surface area contributed by atoms with Crippen LogP contribution in [-0.2, 0) is 12.8 Å². The van der Waals surface area contributed by atoms with Crippen LogP contribution in [0.3, 0.4) is 0 Å². The Balaban J connectivity index is 0.00000176. The van der Waals surface area contributed by atoms with Crippen LogP contribution in [0.15, 0.2) is 22.7 Å². The quantitative estimate of drug-likeness (QED) is 0.924. The molecule has 1 aliphatic heterocycles. The van der Waals surface area contributed by atoms with Gasteiger partial charge in [0.1, 0.15) is 12.4 Å². The Morgan fingerprint density at radius 3 is 3.05 bits per heavy atom. The monoisotopic (exact) mass is 343 g/mol. The number of nitrogens with one attached hydrogen (secondary N) is 1. The van der Waals surface area contributed by atoms with Crippen molar-refractivity contribution in [2.75, 3.05) is 13.7 Å². The van der Waals surface area contributed by atoms with Crippen LogP contribution >= 0.6 is 24.0 Å². The van der Waals surface area contributed by atoms with E-state index >= 15 is 0 Å². The van der Waals surface area contributed by atoms with Crippen LogP contribution in [-0.4, -0.2) is 29.8 Å². The lowest BCUT2D eigenvalue weighted by atomic mass is 9.97. The minimum Gasteiger partial charge on any atom is -0.492 e. The third kappa shape index (κ3) is 3.72. The van der Waals surface area contributed by atoms with Gasteiger partial charge in [0.15, 0.2) is 5.82 Å². The van der Waals surface area contributed by atoms with E-state index in [2.05, 4.69) is 22.4 Å². The highest BCUT2D eigenvalue weighted by molar-refractivity contribution is 6.30. The summed E-state index contributed by atoms with van der Waals surface area (Å²) in [5, 5.41) is 7.92. The van der Waals surface area contributed by atoms with Crippen molar-refractivity contribution in [3.05, 3.63) is 40.5 Å². The first-order chi connectivity index (χ1) is 10.2. The number of halogens is 2. The number of rotatable bonds is 4. The van der Waals surface area contributed by atoms with Crippen LogP contribution < -0.4 is 10.1 Å². The Kier molecular flexibility index (Phi) is 5.67. The molecule has 1 aromatic heterocycles. The third-order valence-electron chi connectivity index (χ3n) is 3.74. The summed E-state index contributed by atoms with van der Waals surface area (Å²) in [5.74, 6) is 2.34. The molecule has 0 amide bonds. The summed E-state index contributed by atoms with van der Waals surface area (Å²) in [6.07, 6.45) is 1.55. The molecule has 2 heterocycles. The third-order valence-corrected chi connectivity index (χ3v) is 3.98. The summed E-state index contributed by atoms with van der Waals surface area (Å²) in [6, 6.07) is 5.99. The first-order valence-corrected chi connectivity index (χ1v) is 7.44. The molecule has 3 rings (SSSR count). The van der Waals surface area contributed by atoms with Crippen LogP contribution in [0.2, 0.25) is 5.02 Å². The molecule has 120 valence electrons. The van der Waals surface area contributed by atoms with Crippen molar-refractivity contribution >= 4 is 24.0 Å². The minimum atomic E-state index is 0. The van der Waals surface area contributed by atoms with Gasteiger partial charge in [0.05, 0.1) is 5.92 Å². The zero-order valence-electron chi connectivity index (χ0n) is 12.5. The number of aromatic nitrogens is 2. The fourth-order valence-electron chi connectivity index (χ4n) is 2.41. The normalized spacial score (nSPS) is 18.0. The molecule has 0 aliphatic carbocycles. The predicted octanol–water partition coefficient (Wildman–Crippen LogP) is 3.01. The molecule has 1 aliphatic rings. The summed E-state index contributed by atoms with van der Waals surface area (Å²) in [5.41, 5.74) is 1.09. The van der Waals surface area contributed by atoms with Crippen molar-refractivity contribution in [3.8, 4) is 5.75 Å². The Hall–Kier alpha value is -1.30. The molecular formula is C15H19Cl2N3O2. The van der Waals surface area contributed by atoms with Gasteiger partial charge in [-0.05, 0) is 44.2 Å². The van der Waals surface area contributed by atoms with Crippen LogP contribution in [0.4, 0.5) is 0 Å². The van der Waals surface area contributed by atoms with E-state index in [1.54, 1.807) is 0 Å². The standard InChI is InChI=1S/C15H18ClN3O2.ClH/c1-9(17-2)5-14-18-15(21-19-14)11-6-10-7-12(16)3-4-13(10)20-8-11;/h3-4,7,9,11,17H,5-6,8H2,1-2H3;1H. The van der Waals surface area contributed by atoms with E-state index in [9.17, 15) is 0 Å². The molecule has 22 heavy (non-hydrogen) atoms. The second-order valence-corrected chi connectivity index (χ2v) is 5.84. The number of fused-ring (bicyclic) bond motifs is 1. The molecular weight excluding hydrogens is 325 g/mol. The summed E-state index contributed by atoms with van der Waals surface area (Å²) in [7, 11) is 1.92. The molecule has 2 aromatic rings. The smallest absolute Gasteiger partial charge is 0.233 e. The van der Waals surface area contributed by atoms with Gasteiger partial charge >= 0.3 is 0 Å². The van der Waals surface area contributed by atoms with Crippen molar-refractivity contribution in [1.82, 2.24) is 15.5 Å². The van der Waals surface area contributed by atoms with E-state index in [-0.39, 0.29) is 18.3 Å². The van der Waals surface area contributed by atoms with Crippen LogP contribution in [0, 0.1) is 0 Å². The molecule has 2 atom stereocenters. The minimum absolute atomic E-state index is 0. The van der Waals surface area contributed by atoms with Crippen molar-refractivity contribution in [2.45, 2.75) is 31.7 Å². The SMILES string of the molecule is CNC(C)Cc1noc(C2COc3ccc(Cl)cc3C2)n1.Cl. The maximum atomic E-state index is 6.03. The number of benzene rings is 1. The highest BCUT2D eigenvalue weighted by Gasteiger charge is 2.26. The topological polar surface area (TPSA) is 60.2 Å². The Bertz CT molecular complexity index is 633. The number of ether oxygens (including phenoxy) is 1. The summed E-state index contributed by atoms with van der Waals surface area (Å²) < 4.78 is 11.2. The maximum Gasteiger partial charge on any atom is 0.233 e. The fourth-order valence-corrected chi connectivity index (χ4v) is 2.61. The van der Waals surface area contributed by atoms with Gasteiger partial charge in [0, 0.05) is 17.5 Å². The van der Waals surface area contributed by atoms with Gasteiger partial charge in [-0.3, -0.25) is 0 Å². The van der Waals surface area contributed by atoms with Crippen molar-refractivity contribution < 1.29 is 9.26 Å². The van der Waals surface area contributed by atoms with Crippen LogP contribution in [0.1, 0.15) is 30.1 Å². The molecule has 0 saturated carbocycles. The summed E-state index contributed by atoms with van der Waals surface area (Å²) in [6.45, 7) is 2.63.